The number of amides is 1. The molecule has 4 aromatic rings. The van der Waals surface area contributed by atoms with Gasteiger partial charge in [0.2, 0.25) is 0 Å². The van der Waals surface area contributed by atoms with Crippen LogP contribution < -0.4 is 5.32 Å². The number of benzene rings is 1. The number of carbonyl (C=O) groups excluding carboxylic acids is 1. The first-order valence-corrected chi connectivity index (χ1v) is 11.9. The third-order valence-corrected chi connectivity index (χ3v) is 7.49. The van der Waals surface area contributed by atoms with Gasteiger partial charge in [-0.05, 0) is 36.8 Å². The zero-order valence-electron chi connectivity index (χ0n) is 18.4. The van der Waals surface area contributed by atoms with Crippen LogP contribution in [0, 0.1) is 17.2 Å². The molecule has 0 aliphatic heterocycles. The molecule has 1 N–H and O–H groups in total. The average Bonchev–Trinajstić information content (AvgIpc) is 3.44. The number of halogens is 2. The normalized spacial score (nSPS) is 15.3. The van der Waals surface area contributed by atoms with Crippen LogP contribution in [0.4, 0.5) is 13.8 Å². The maximum atomic E-state index is 13.8. The number of nitrogens with one attached hydrogen (secondary N) is 1. The minimum Gasteiger partial charge on any atom is -0.312 e. The number of carbonyl (C=O) groups is 1. The van der Waals surface area contributed by atoms with Crippen molar-refractivity contribution in [2.75, 3.05) is 5.32 Å². The van der Waals surface area contributed by atoms with E-state index < -0.39 is 12.3 Å². The SMILES string of the molecule is CCC1CCc2c(sc(NC(=O)c3cnn4c(C(F)F)cc(-c5ccccc5)nc34)c2C#N)C1. The lowest BCUT2D eigenvalue weighted by Crippen LogP contribution is -2.13. The first-order valence-electron chi connectivity index (χ1n) is 11.1. The lowest BCUT2D eigenvalue weighted by Gasteiger charge is -2.20. The van der Waals surface area contributed by atoms with E-state index in [-0.39, 0.29) is 16.9 Å². The average molecular weight is 478 g/mol. The highest BCUT2D eigenvalue weighted by Crippen LogP contribution is 2.40. The summed E-state index contributed by atoms with van der Waals surface area (Å²) >= 11 is 1.42. The Balaban J connectivity index is 1.54. The monoisotopic (exact) mass is 477 g/mol. The van der Waals surface area contributed by atoms with Crippen molar-refractivity contribution >= 4 is 27.9 Å². The molecule has 6 nitrogen and oxygen atoms in total. The Labute approximate surface area is 198 Å². The van der Waals surface area contributed by atoms with Gasteiger partial charge in [0, 0.05) is 10.4 Å². The molecule has 3 heterocycles. The van der Waals surface area contributed by atoms with E-state index in [9.17, 15) is 18.8 Å². The summed E-state index contributed by atoms with van der Waals surface area (Å²) in [7, 11) is 0. The number of alkyl halides is 2. The Morgan fingerprint density at radius 1 is 1.35 bits per heavy atom. The van der Waals surface area contributed by atoms with Crippen LogP contribution in [0.5, 0.6) is 0 Å². The number of hydrogen-bond donors (Lipinski definition) is 1. The smallest absolute Gasteiger partial charge is 0.280 e. The number of hydrogen-bond acceptors (Lipinski definition) is 5. The first kappa shape index (κ1) is 22.2. The summed E-state index contributed by atoms with van der Waals surface area (Å²) in [6.07, 6.45) is 2.26. The molecule has 0 saturated carbocycles. The quantitative estimate of drug-likeness (QED) is 0.380. The minimum absolute atomic E-state index is 0.0417. The van der Waals surface area contributed by atoms with Gasteiger partial charge in [0.05, 0.1) is 17.5 Å². The Morgan fingerprint density at radius 3 is 2.85 bits per heavy atom. The zero-order valence-corrected chi connectivity index (χ0v) is 19.2. The highest BCUT2D eigenvalue weighted by atomic mass is 32.1. The third-order valence-electron chi connectivity index (χ3n) is 6.32. The number of rotatable bonds is 5. The zero-order chi connectivity index (χ0) is 23.8. The summed E-state index contributed by atoms with van der Waals surface area (Å²) in [5.74, 6) is 0.0457. The van der Waals surface area contributed by atoms with Crippen molar-refractivity contribution in [3.63, 3.8) is 0 Å². The number of thiophene rings is 1. The molecule has 0 spiro atoms. The molecule has 1 unspecified atom stereocenters. The van der Waals surface area contributed by atoms with Crippen molar-refractivity contribution in [1.82, 2.24) is 14.6 Å². The van der Waals surface area contributed by atoms with Gasteiger partial charge in [-0.15, -0.1) is 11.3 Å². The minimum atomic E-state index is -2.80. The highest BCUT2D eigenvalue weighted by molar-refractivity contribution is 7.16. The molecule has 9 heteroatoms. The van der Waals surface area contributed by atoms with E-state index in [1.165, 1.54) is 23.6 Å². The van der Waals surface area contributed by atoms with Crippen LogP contribution in [0.1, 0.15) is 58.2 Å². The summed E-state index contributed by atoms with van der Waals surface area (Å²) in [4.78, 5) is 18.8. The molecule has 1 aliphatic rings. The molecule has 1 atom stereocenters. The Morgan fingerprint density at radius 2 is 2.15 bits per heavy atom. The fourth-order valence-electron chi connectivity index (χ4n) is 4.44. The van der Waals surface area contributed by atoms with Crippen LogP contribution in [0.2, 0.25) is 0 Å². The van der Waals surface area contributed by atoms with Crippen molar-refractivity contribution in [3.8, 4) is 17.3 Å². The van der Waals surface area contributed by atoms with E-state index in [1.807, 2.05) is 6.07 Å². The van der Waals surface area contributed by atoms with Gasteiger partial charge in [-0.3, -0.25) is 4.79 Å². The topological polar surface area (TPSA) is 83.1 Å². The predicted octanol–water partition coefficient (Wildman–Crippen LogP) is 6.03. The van der Waals surface area contributed by atoms with Gasteiger partial charge in [-0.2, -0.15) is 10.4 Å². The molecule has 3 aromatic heterocycles. The molecule has 0 fully saturated rings. The van der Waals surface area contributed by atoms with E-state index in [2.05, 4.69) is 28.4 Å². The van der Waals surface area contributed by atoms with Crippen LogP contribution in [-0.2, 0) is 12.8 Å². The molecule has 5 rings (SSSR count). The molecule has 0 bridgehead atoms. The second-order valence-electron chi connectivity index (χ2n) is 8.32. The highest BCUT2D eigenvalue weighted by Gasteiger charge is 2.27. The van der Waals surface area contributed by atoms with Gasteiger partial charge in [0.15, 0.2) is 5.65 Å². The summed E-state index contributed by atoms with van der Waals surface area (Å²) in [6.45, 7) is 2.16. The predicted molar refractivity (Wildman–Crippen MR) is 126 cm³/mol. The van der Waals surface area contributed by atoms with Crippen LogP contribution in [0.3, 0.4) is 0 Å². The molecule has 0 radical (unpaired) electrons. The van der Waals surface area contributed by atoms with Gasteiger partial charge >= 0.3 is 0 Å². The molecule has 0 saturated heterocycles. The molecule has 172 valence electrons. The number of nitriles is 1. The van der Waals surface area contributed by atoms with Crippen molar-refractivity contribution in [2.45, 2.75) is 39.0 Å². The van der Waals surface area contributed by atoms with Crippen molar-refractivity contribution in [3.05, 3.63) is 69.9 Å². The molecular weight excluding hydrogens is 456 g/mol. The summed E-state index contributed by atoms with van der Waals surface area (Å²) < 4.78 is 28.6. The summed E-state index contributed by atoms with van der Waals surface area (Å²) in [6, 6.07) is 12.5. The van der Waals surface area contributed by atoms with E-state index in [0.717, 1.165) is 40.6 Å². The maximum absolute atomic E-state index is 13.8. The van der Waals surface area contributed by atoms with Gasteiger partial charge in [0.1, 0.15) is 22.3 Å². The van der Waals surface area contributed by atoms with E-state index >= 15 is 0 Å². The molecular formula is C25H21F2N5OS. The van der Waals surface area contributed by atoms with E-state index in [0.29, 0.717) is 27.7 Å². The number of nitrogens with zero attached hydrogens (tertiary/aromatic N) is 4. The second kappa shape index (κ2) is 8.95. The summed E-state index contributed by atoms with van der Waals surface area (Å²) in [5.41, 5.74) is 2.25. The van der Waals surface area contributed by atoms with Crippen LogP contribution in [-0.4, -0.2) is 20.5 Å². The third kappa shape index (κ3) is 3.84. The Hall–Kier alpha value is -3.64. The van der Waals surface area contributed by atoms with Gasteiger partial charge < -0.3 is 5.32 Å². The second-order valence-corrected chi connectivity index (χ2v) is 9.42. The maximum Gasteiger partial charge on any atom is 0.280 e. The fourth-order valence-corrected chi connectivity index (χ4v) is 5.75. The first-order chi connectivity index (χ1) is 16.5. The van der Waals surface area contributed by atoms with Gasteiger partial charge in [-0.25, -0.2) is 18.3 Å². The van der Waals surface area contributed by atoms with Crippen LogP contribution in [0.25, 0.3) is 16.9 Å². The molecule has 1 amide bonds. The lowest BCUT2D eigenvalue weighted by atomic mass is 9.86. The van der Waals surface area contributed by atoms with E-state index in [4.69, 9.17) is 0 Å². The summed E-state index contributed by atoms with van der Waals surface area (Å²) in [5, 5.41) is 17.1. The molecule has 1 aliphatic carbocycles. The van der Waals surface area contributed by atoms with Crippen LogP contribution >= 0.6 is 11.3 Å². The Bertz CT molecular complexity index is 1420. The fraction of sp³-hybridized carbons (Fsp3) is 0.280. The standard InChI is InChI=1S/C25H21F2N5OS/c1-2-14-8-9-16-17(12-28)25(34-21(16)10-14)31-24(33)18-13-29-32-20(22(26)27)11-19(30-23(18)32)15-6-4-3-5-7-15/h3-7,11,13-14,22H,2,8-10H2,1H3,(H,31,33). The molecule has 1 aromatic carbocycles. The van der Waals surface area contributed by atoms with Crippen LogP contribution in [0.15, 0.2) is 42.6 Å². The number of aromatic nitrogens is 3. The van der Waals surface area contributed by atoms with Crippen molar-refractivity contribution in [1.29, 1.82) is 5.26 Å². The number of fused-ring (bicyclic) bond motifs is 2. The van der Waals surface area contributed by atoms with Crippen molar-refractivity contribution in [2.24, 2.45) is 5.92 Å². The van der Waals surface area contributed by atoms with Gasteiger partial charge in [0.25, 0.3) is 12.3 Å². The largest absolute Gasteiger partial charge is 0.312 e. The molecule has 34 heavy (non-hydrogen) atoms. The number of anilines is 1. The van der Waals surface area contributed by atoms with Crippen molar-refractivity contribution < 1.29 is 13.6 Å². The van der Waals surface area contributed by atoms with E-state index in [1.54, 1.807) is 24.3 Å². The lowest BCUT2D eigenvalue weighted by molar-refractivity contribution is 0.102. The Kier molecular flexibility index (Phi) is 5.84. The van der Waals surface area contributed by atoms with Gasteiger partial charge in [-0.1, -0.05) is 43.7 Å².